The van der Waals surface area contributed by atoms with Crippen molar-refractivity contribution in [1.29, 1.82) is 0 Å². The maximum absolute atomic E-state index is 13.5. The molecule has 4 nitrogen and oxygen atoms in total. The first-order chi connectivity index (χ1) is 13.0. The molecule has 0 aliphatic carbocycles. The van der Waals surface area contributed by atoms with Gasteiger partial charge in [0.2, 0.25) is 0 Å². The highest BCUT2D eigenvalue weighted by atomic mass is 19.1. The van der Waals surface area contributed by atoms with Crippen molar-refractivity contribution < 1.29 is 13.6 Å². The number of carbonyl (C=O) groups is 1. The number of amides is 1. The Hall–Kier alpha value is -3.54. The smallest absolute Gasteiger partial charge is 0.257 e. The number of carbonyl (C=O) groups excluding carboxylic acids is 1. The lowest BCUT2D eigenvalue weighted by molar-refractivity contribution is 0.102. The predicted octanol–water partition coefficient (Wildman–Crippen LogP) is 4.84. The van der Waals surface area contributed by atoms with Gasteiger partial charge in [-0.1, -0.05) is 36.4 Å². The zero-order chi connectivity index (χ0) is 19.0. The number of halogens is 2. The maximum Gasteiger partial charge on any atom is 0.257 e. The third kappa shape index (κ3) is 3.17. The summed E-state index contributed by atoms with van der Waals surface area (Å²) >= 11 is 0. The van der Waals surface area contributed by atoms with E-state index in [0.29, 0.717) is 17.2 Å². The quantitative estimate of drug-likeness (QED) is 0.566. The van der Waals surface area contributed by atoms with Crippen molar-refractivity contribution in [2.45, 2.75) is 6.92 Å². The Balaban J connectivity index is 1.85. The van der Waals surface area contributed by atoms with Crippen LogP contribution in [0.15, 0.2) is 66.9 Å². The first-order valence-corrected chi connectivity index (χ1v) is 8.33. The zero-order valence-electron chi connectivity index (χ0n) is 14.4. The second-order valence-corrected chi connectivity index (χ2v) is 6.17. The summed E-state index contributed by atoms with van der Waals surface area (Å²) in [5.74, 6) is -1.79. The van der Waals surface area contributed by atoms with E-state index in [2.05, 4.69) is 10.3 Å². The molecule has 4 rings (SSSR count). The van der Waals surface area contributed by atoms with Crippen molar-refractivity contribution in [3.8, 4) is 11.3 Å². The van der Waals surface area contributed by atoms with Crippen molar-refractivity contribution in [3.05, 3.63) is 89.6 Å². The van der Waals surface area contributed by atoms with Gasteiger partial charge in [-0.25, -0.2) is 13.8 Å². The van der Waals surface area contributed by atoms with Gasteiger partial charge in [-0.05, 0) is 30.7 Å². The minimum Gasteiger partial charge on any atom is -0.306 e. The molecule has 0 saturated heterocycles. The lowest BCUT2D eigenvalue weighted by Gasteiger charge is -2.08. The number of hydrogen-bond donors (Lipinski definition) is 1. The van der Waals surface area contributed by atoms with Gasteiger partial charge in [-0.2, -0.15) is 0 Å². The lowest BCUT2D eigenvalue weighted by Crippen LogP contribution is -2.14. The van der Waals surface area contributed by atoms with E-state index >= 15 is 0 Å². The van der Waals surface area contributed by atoms with Crippen LogP contribution in [0.5, 0.6) is 0 Å². The highest BCUT2D eigenvalue weighted by Gasteiger charge is 2.18. The molecule has 1 amide bonds. The molecule has 0 fully saturated rings. The summed E-state index contributed by atoms with van der Waals surface area (Å²) in [5, 5.41) is 2.76. The molecule has 2 aromatic carbocycles. The number of nitrogens with zero attached hydrogens (tertiary/aromatic N) is 2. The lowest BCUT2D eigenvalue weighted by atomic mass is 10.1. The number of benzene rings is 2. The molecular weight excluding hydrogens is 348 g/mol. The van der Waals surface area contributed by atoms with E-state index < -0.39 is 17.5 Å². The molecule has 0 unspecified atom stereocenters. The number of rotatable bonds is 3. The first-order valence-electron chi connectivity index (χ1n) is 8.33. The number of hydrogen-bond acceptors (Lipinski definition) is 2. The summed E-state index contributed by atoms with van der Waals surface area (Å²) < 4.78 is 28.7. The molecule has 0 bridgehead atoms. The summed E-state index contributed by atoms with van der Waals surface area (Å²) in [6.07, 6.45) is 1.78. The van der Waals surface area contributed by atoms with Crippen molar-refractivity contribution in [3.63, 3.8) is 0 Å². The predicted molar refractivity (Wildman–Crippen MR) is 99.7 cm³/mol. The number of aryl methyl sites for hydroxylation is 1. The van der Waals surface area contributed by atoms with Crippen LogP contribution in [0, 0.1) is 18.6 Å². The standard InChI is InChI=1S/C21H15F2N3O/c1-13-6-5-9-26-19(13)24-18(14-7-3-2-4-8-14)20(26)25-21(27)15-10-16(22)12-17(23)11-15/h2-12H,1H3,(H,25,27). The van der Waals surface area contributed by atoms with Gasteiger partial charge < -0.3 is 5.32 Å². The van der Waals surface area contributed by atoms with Crippen LogP contribution in [-0.4, -0.2) is 15.3 Å². The summed E-state index contributed by atoms with van der Waals surface area (Å²) in [7, 11) is 0. The van der Waals surface area contributed by atoms with Crippen molar-refractivity contribution >= 4 is 17.4 Å². The van der Waals surface area contributed by atoms with Crippen molar-refractivity contribution in [2.24, 2.45) is 0 Å². The monoisotopic (exact) mass is 363 g/mol. The number of fused-ring (bicyclic) bond motifs is 1. The van der Waals surface area contributed by atoms with Gasteiger partial charge >= 0.3 is 0 Å². The average Bonchev–Trinajstić information content (AvgIpc) is 3.01. The van der Waals surface area contributed by atoms with Crippen LogP contribution in [-0.2, 0) is 0 Å². The molecule has 0 aliphatic heterocycles. The molecule has 1 N–H and O–H groups in total. The average molecular weight is 363 g/mol. The van der Waals surface area contributed by atoms with Gasteiger partial charge in [0.15, 0.2) is 0 Å². The number of nitrogens with one attached hydrogen (secondary N) is 1. The van der Waals surface area contributed by atoms with E-state index in [9.17, 15) is 13.6 Å². The highest BCUT2D eigenvalue weighted by molar-refractivity contribution is 6.05. The number of pyridine rings is 1. The Morgan fingerprint density at radius 3 is 2.41 bits per heavy atom. The summed E-state index contributed by atoms with van der Waals surface area (Å²) in [4.78, 5) is 17.3. The number of aromatic nitrogens is 2. The highest BCUT2D eigenvalue weighted by Crippen LogP contribution is 2.30. The minimum absolute atomic E-state index is 0.103. The van der Waals surface area contributed by atoms with Crippen LogP contribution in [0.1, 0.15) is 15.9 Å². The summed E-state index contributed by atoms with van der Waals surface area (Å²) in [6, 6.07) is 15.9. The van der Waals surface area contributed by atoms with E-state index in [1.54, 1.807) is 10.6 Å². The molecule has 27 heavy (non-hydrogen) atoms. The SMILES string of the molecule is Cc1cccn2c(NC(=O)c3cc(F)cc(F)c3)c(-c3ccccc3)nc12. The third-order valence-electron chi connectivity index (χ3n) is 4.25. The topological polar surface area (TPSA) is 46.4 Å². The fourth-order valence-electron chi connectivity index (χ4n) is 2.99. The van der Waals surface area contributed by atoms with E-state index in [1.807, 2.05) is 49.4 Å². The van der Waals surface area contributed by atoms with E-state index in [4.69, 9.17) is 0 Å². The molecule has 0 atom stereocenters. The van der Waals surface area contributed by atoms with Gasteiger partial charge in [0.1, 0.15) is 28.8 Å². The molecule has 4 aromatic rings. The minimum atomic E-state index is -0.808. The molecule has 0 aliphatic rings. The number of imidazole rings is 1. The van der Waals surface area contributed by atoms with Crippen LogP contribution < -0.4 is 5.32 Å². The fourth-order valence-corrected chi connectivity index (χ4v) is 2.99. The molecule has 0 spiro atoms. The van der Waals surface area contributed by atoms with Gasteiger partial charge in [0.25, 0.3) is 5.91 Å². The maximum atomic E-state index is 13.5. The Labute approximate surface area is 154 Å². The van der Waals surface area contributed by atoms with E-state index in [-0.39, 0.29) is 5.56 Å². The van der Waals surface area contributed by atoms with Crippen LogP contribution in [0.2, 0.25) is 0 Å². The molecule has 0 radical (unpaired) electrons. The van der Waals surface area contributed by atoms with Gasteiger partial charge in [-0.3, -0.25) is 9.20 Å². The largest absolute Gasteiger partial charge is 0.306 e. The summed E-state index contributed by atoms with van der Waals surface area (Å²) in [6.45, 7) is 1.92. The molecule has 2 heterocycles. The first kappa shape index (κ1) is 16.9. The zero-order valence-corrected chi connectivity index (χ0v) is 14.4. The van der Waals surface area contributed by atoms with Gasteiger partial charge in [0, 0.05) is 23.4 Å². The van der Waals surface area contributed by atoms with Crippen LogP contribution in [0.4, 0.5) is 14.6 Å². The molecule has 6 heteroatoms. The second-order valence-electron chi connectivity index (χ2n) is 6.17. The summed E-state index contributed by atoms with van der Waals surface area (Å²) in [5.41, 5.74) is 2.93. The van der Waals surface area contributed by atoms with Crippen LogP contribution in [0.3, 0.4) is 0 Å². The van der Waals surface area contributed by atoms with E-state index in [1.165, 1.54) is 0 Å². The Kier molecular flexibility index (Phi) is 4.16. The van der Waals surface area contributed by atoms with Gasteiger partial charge in [-0.15, -0.1) is 0 Å². The van der Waals surface area contributed by atoms with Crippen LogP contribution in [0.25, 0.3) is 16.9 Å². The normalized spacial score (nSPS) is 10.9. The second kappa shape index (κ2) is 6.64. The van der Waals surface area contributed by atoms with Crippen molar-refractivity contribution in [2.75, 3.05) is 5.32 Å². The molecule has 134 valence electrons. The Bertz CT molecular complexity index is 1130. The Morgan fingerprint density at radius 2 is 1.70 bits per heavy atom. The molecular formula is C21H15F2N3O. The van der Waals surface area contributed by atoms with Crippen LogP contribution >= 0.6 is 0 Å². The molecule has 2 aromatic heterocycles. The molecule has 0 saturated carbocycles. The fraction of sp³-hybridized carbons (Fsp3) is 0.0476. The van der Waals surface area contributed by atoms with Gasteiger partial charge in [0.05, 0.1) is 0 Å². The Morgan fingerprint density at radius 1 is 1.00 bits per heavy atom. The van der Waals surface area contributed by atoms with E-state index in [0.717, 1.165) is 29.3 Å². The van der Waals surface area contributed by atoms with Crippen molar-refractivity contribution in [1.82, 2.24) is 9.38 Å². The number of anilines is 1. The third-order valence-corrected chi connectivity index (χ3v) is 4.25.